The van der Waals surface area contributed by atoms with Gasteiger partial charge in [0, 0.05) is 42.8 Å². The molecular formula is C28H27N3O2. The van der Waals surface area contributed by atoms with E-state index in [0.717, 1.165) is 41.0 Å². The van der Waals surface area contributed by atoms with Crippen molar-refractivity contribution in [1.82, 2.24) is 9.88 Å². The van der Waals surface area contributed by atoms with Gasteiger partial charge >= 0.3 is 0 Å². The van der Waals surface area contributed by atoms with Crippen molar-refractivity contribution in [1.29, 1.82) is 0 Å². The predicted molar refractivity (Wildman–Crippen MR) is 133 cm³/mol. The standard InChI is InChI=1S/C28H27N3O2/c1-20-6-5-7-22(18-20)30-14-16-31(17-15-30)28(32)25-19-27(21-10-12-23(33-2)13-11-21)29-26-9-4-3-8-24(25)26/h3-13,18-19H,14-17H2,1-2H3. The summed E-state index contributed by atoms with van der Waals surface area (Å²) < 4.78 is 5.28. The number of fused-ring (bicyclic) bond motifs is 1. The van der Waals surface area contributed by atoms with Gasteiger partial charge in [-0.2, -0.15) is 0 Å². The molecule has 5 rings (SSSR count). The van der Waals surface area contributed by atoms with Crippen molar-refractivity contribution < 1.29 is 9.53 Å². The van der Waals surface area contributed by atoms with Gasteiger partial charge in [0.2, 0.25) is 0 Å². The number of pyridine rings is 1. The van der Waals surface area contributed by atoms with Crippen molar-refractivity contribution in [3.63, 3.8) is 0 Å². The molecule has 4 aromatic rings. The number of aromatic nitrogens is 1. The van der Waals surface area contributed by atoms with Crippen LogP contribution in [0.2, 0.25) is 0 Å². The van der Waals surface area contributed by atoms with E-state index >= 15 is 0 Å². The molecule has 1 amide bonds. The summed E-state index contributed by atoms with van der Waals surface area (Å²) in [6.45, 7) is 5.15. The third kappa shape index (κ3) is 4.27. The Bertz CT molecular complexity index is 1290. The number of carbonyl (C=O) groups is 1. The lowest BCUT2D eigenvalue weighted by Crippen LogP contribution is -2.48. The average Bonchev–Trinajstić information content (AvgIpc) is 2.88. The van der Waals surface area contributed by atoms with Crippen LogP contribution in [0, 0.1) is 6.92 Å². The summed E-state index contributed by atoms with van der Waals surface area (Å²) in [5.74, 6) is 0.856. The maximum atomic E-state index is 13.7. The number of nitrogens with zero attached hydrogens (tertiary/aromatic N) is 3. The molecule has 0 aliphatic carbocycles. The lowest BCUT2D eigenvalue weighted by Gasteiger charge is -2.36. The first-order chi connectivity index (χ1) is 16.1. The van der Waals surface area contributed by atoms with Crippen LogP contribution in [0.5, 0.6) is 5.75 Å². The van der Waals surface area contributed by atoms with E-state index < -0.39 is 0 Å². The second-order valence-electron chi connectivity index (χ2n) is 8.42. The maximum Gasteiger partial charge on any atom is 0.254 e. The Morgan fingerprint density at radius 3 is 2.36 bits per heavy atom. The van der Waals surface area contributed by atoms with Gasteiger partial charge in [-0.1, -0.05) is 30.3 Å². The summed E-state index contributed by atoms with van der Waals surface area (Å²) in [6.07, 6.45) is 0. The summed E-state index contributed by atoms with van der Waals surface area (Å²) >= 11 is 0. The van der Waals surface area contributed by atoms with Gasteiger partial charge in [-0.05, 0) is 61.0 Å². The Hall–Kier alpha value is -3.86. The largest absolute Gasteiger partial charge is 0.497 e. The summed E-state index contributed by atoms with van der Waals surface area (Å²) in [7, 11) is 1.65. The van der Waals surface area contributed by atoms with Crippen molar-refractivity contribution in [2.75, 3.05) is 38.2 Å². The molecule has 0 atom stereocenters. The number of para-hydroxylation sites is 1. The van der Waals surface area contributed by atoms with Gasteiger partial charge in [0.1, 0.15) is 5.75 Å². The van der Waals surface area contributed by atoms with E-state index in [4.69, 9.17) is 9.72 Å². The molecule has 1 fully saturated rings. The summed E-state index contributed by atoms with van der Waals surface area (Å²) in [5, 5.41) is 0.890. The zero-order valence-electron chi connectivity index (χ0n) is 19.0. The summed E-state index contributed by atoms with van der Waals surface area (Å²) in [4.78, 5) is 22.8. The number of methoxy groups -OCH3 is 1. The molecule has 3 aromatic carbocycles. The van der Waals surface area contributed by atoms with Crippen molar-refractivity contribution in [2.24, 2.45) is 0 Å². The van der Waals surface area contributed by atoms with Crippen LogP contribution < -0.4 is 9.64 Å². The number of hydrogen-bond donors (Lipinski definition) is 0. The average molecular weight is 438 g/mol. The van der Waals surface area contributed by atoms with Crippen LogP contribution in [0.1, 0.15) is 15.9 Å². The topological polar surface area (TPSA) is 45.7 Å². The molecule has 5 nitrogen and oxygen atoms in total. The fourth-order valence-corrected chi connectivity index (χ4v) is 4.42. The Balaban J connectivity index is 1.43. The van der Waals surface area contributed by atoms with Crippen LogP contribution in [-0.2, 0) is 0 Å². The summed E-state index contributed by atoms with van der Waals surface area (Å²) in [6, 6.07) is 26.1. The lowest BCUT2D eigenvalue weighted by molar-refractivity contribution is 0.0748. The van der Waals surface area contributed by atoms with E-state index in [1.54, 1.807) is 7.11 Å². The molecule has 1 aliphatic rings. The highest BCUT2D eigenvalue weighted by Crippen LogP contribution is 2.28. The molecule has 33 heavy (non-hydrogen) atoms. The van der Waals surface area contributed by atoms with Gasteiger partial charge in [-0.25, -0.2) is 4.98 Å². The fourth-order valence-electron chi connectivity index (χ4n) is 4.42. The first kappa shape index (κ1) is 21.0. The number of piperazine rings is 1. The Morgan fingerprint density at radius 2 is 1.64 bits per heavy atom. The minimum atomic E-state index is 0.0623. The number of anilines is 1. The van der Waals surface area contributed by atoms with E-state index in [1.165, 1.54) is 11.3 Å². The van der Waals surface area contributed by atoms with Gasteiger partial charge < -0.3 is 14.5 Å². The predicted octanol–water partition coefficient (Wildman–Crippen LogP) is 5.18. The van der Waals surface area contributed by atoms with Gasteiger partial charge in [-0.15, -0.1) is 0 Å². The molecule has 0 radical (unpaired) electrons. The summed E-state index contributed by atoms with van der Waals surface area (Å²) in [5.41, 5.74) is 5.75. The number of ether oxygens (including phenoxy) is 1. The number of hydrogen-bond acceptors (Lipinski definition) is 4. The van der Waals surface area contributed by atoms with Gasteiger partial charge in [0.25, 0.3) is 5.91 Å². The minimum absolute atomic E-state index is 0.0623. The molecule has 1 aromatic heterocycles. The fraction of sp³-hybridized carbons (Fsp3) is 0.214. The van der Waals surface area contributed by atoms with Crippen molar-refractivity contribution in [2.45, 2.75) is 6.92 Å². The smallest absolute Gasteiger partial charge is 0.254 e. The normalized spacial score (nSPS) is 13.9. The molecule has 0 N–H and O–H groups in total. The Kier molecular flexibility index (Phi) is 5.69. The van der Waals surface area contributed by atoms with E-state index in [1.807, 2.05) is 59.5 Å². The molecule has 1 aliphatic heterocycles. The van der Waals surface area contributed by atoms with Crippen LogP contribution in [0.3, 0.4) is 0 Å². The third-order valence-corrected chi connectivity index (χ3v) is 6.27. The van der Waals surface area contributed by atoms with Crippen molar-refractivity contribution >= 4 is 22.5 Å². The highest BCUT2D eigenvalue weighted by molar-refractivity contribution is 6.07. The van der Waals surface area contributed by atoms with Gasteiger partial charge in [0.05, 0.1) is 23.9 Å². The van der Waals surface area contributed by atoms with Crippen molar-refractivity contribution in [3.8, 4) is 17.0 Å². The van der Waals surface area contributed by atoms with Crippen LogP contribution in [0.25, 0.3) is 22.2 Å². The number of rotatable bonds is 4. The second-order valence-corrected chi connectivity index (χ2v) is 8.42. The molecule has 2 heterocycles. The zero-order chi connectivity index (χ0) is 22.8. The molecule has 0 unspecified atom stereocenters. The maximum absolute atomic E-state index is 13.7. The van der Waals surface area contributed by atoms with E-state index in [0.29, 0.717) is 18.7 Å². The quantitative estimate of drug-likeness (QED) is 0.441. The lowest BCUT2D eigenvalue weighted by atomic mass is 10.0. The number of carbonyl (C=O) groups excluding carboxylic acids is 1. The SMILES string of the molecule is COc1ccc(-c2cc(C(=O)N3CCN(c4cccc(C)c4)CC3)c3ccccc3n2)cc1. The molecule has 5 heteroatoms. The van der Waals surface area contributed by atoms with Crippen LogP contribution in [0.15, 0.2) is 78.9 Å². The van der Waals surface area contributed by atoms with Crippen molar-refractivity contribution in [3.05, 3.63) is 90.0 Å². The number of aryl methyl sites for hydroxylation is 1. The molecule has 0 saturated carbocycles. The molecule has 166 valence electrons. The van der Waals surface area contributed by atoms with Crippen LogP contribution in [-0.4, -0.2) is 49.1 Å². The number of benzene rings is 3. The van der Waals surface area contributed by atoms with Gasteiger partial charge in [-0.3, -0.25) is 4.79 Å². The van der Waals surface area contributed by atoms with Crippen LogP contribution in [0.4, 0.5) is 5.69 Å². The number of amides is 1. The molecule has 0 bridgehead atoms. The van der Waals surface area contributed by atoms with Crippen LogP contribution >= 0.6 is 0 Å². The molecule has 1 saturated heterocycles. The van der Waals surface area contributed by atoms with E-state index in [2.05, 4.69) is 36.1 Å². The van der Waals surface area contributed by atoms with E-state index in [-0.39, 0.29) is 5.91 Å². The Labute approximate surface area is 194 Å². The highest BCUT2D eigenvalue weighted by atomic mass is 16.5. The van der Waals surface area contributed by atoms with E-state index in [9.17, 15) is 4.79 Å². The third-order valence-electron chi connectivity index (χ3n) is 6.27. The Morgan fingerprint density at radius 1 is 0.879 bits per heavy atom. The minimum Gasteiger partial charge on any atom is -0.497 e. The highest BCUT2D eigenvalue weighted by Gasteiger charge is 2.24. The first-order valence-corrected chi connectivity index (χ1v) is 11.3. The zero-order valence-corrected chi connectivity index (χ0v) is 19.0. The molecular weight excluding hydrogens is 410 g/mol. The van der Waals surface area contributed by atoms with Gasteiger partial charge in [0.15, 0.2) is 0 Å². The first-order valence-electron chi connectivity index (χ1n) is 11.3. The second kappa shape index (κ2) is 8.94. The molecule has 0 spiro atoms. The monoisotopic (exact) mass is 437 g/mol.